The molecule has 0 amide bonds. The van der Waals surface area contributed by atoms with Gasteiger partial charge < -0.3 is 10.1 Å². The molecule has 0 saturated carbocycles. The van der Waals surface area contributed by atoms with Gasteiger partial charge in [-0.15, -0.1) is 0 Å². The molecule has 0 bridgehead atoms. The number of morpholine rings is 1. The summed E-state index contributed by atoms with van der Waals surface area (Å²) in [5, 5.41) is 2.36. The minimum absolute atomic E-state index is 0.0191. The monoisotopic (exact) mass is 144 g/mol. The molecule has 0 aliphatic carbocycles. The van der Waals surface area contributed by atoms with Crippen LogP contribution in [0.25, 0.3) is 0 Å². The number of hydrogen-bond acceptors (Lipinski definition) is 1. The summed E-state index contributed by atoms with van der Waals surface area (Å²) in [5.41, 5.74) is 0.247. The molecule has 0 aromatic heterocycles. The second-order valence-corrected chi connectivity index (χ2v) is 4.07. The van der Waals surface area contributed by atoms with Gasteiger partial charge in [0, 0.05) is 0 Å². The van der Waals surface area contributed by atoms with Crippen molar-refractivity contribution in [1.82, 2.24) is 0 Å². The standard InChI is InChI=1S/C8H17NO/c1-7(2)8(3,4)10-6-5-9-7/h9H,5-6H2,1-4H3/p+1. The fourth-order valence-corrected chi connectivity index (χ4v) is 1.17. The number of rotatable bonds is 0. The van der Waals surface area contributed by atoms with Crippen LogP contribution in [-0.2, 0) is 4.74 Å². The summed E-state index contributed by atoms with van der Waals surface area (Å²) in [7, 11) is 0. The van der Waals surface area contributed by atoms with Gasteiger partial charge in [0.15, 0.2) is 0 Å². The van der Waals surface area contributed by atoms with Gasteiger partial charge in [-0.05, 0) is 27.7 Å². The van der Waals surface area contributed by atoms with Crippen molar-refractivity contribution in [2.24, 2.45) is 0 Å². The van der Waals surface area contributed by atoms with E-state index in [2.05, 4.69) is 33.0 Å². The zero-order valence-electron chi connectivity index (χ0n) is 7.40. The first-order valence-corrected chi connectivity index (χ1v) is 3.94. The Labute approximate surface area is 63.0 Å². The van der Waals surface area contributed by atoms with Crippen LogP contribution in [0.2, 0.25) is 0 Å². The van der Waals surface area contributed by atoms with Crippen molar-refractivity contribution < 1.29 is 10.1 Å². The Morgan fingerprint density at radius 1 is 1.20 bits per heavy atom. The van der Waals surface area contributed by atoms with E-state index in [4.69, 9.17) is 4.74 Å². The van der Waals surface area contributed by atoms with Crippen molar-refractivity contribution in [3.63, 3.8) is 0 Å². The molecule has 0 spiro atoms. The molecule has 0 aromatic rings. The molecule has 10 heavy (non-hydrogen) atoms. The molecule has 60 valence electrons. The second kappa shape index (κ2) is 2.21. The molecule has 1 rings (SSSR count). The second-order valence-electron chi connectivity index (χ2n) is 4.07. The fraction of sp³-hybridized carbons (Fsp3) is 1.00. The van der Waals surface area contributed by atoms with Gasteiger partial charge in [-0.3, -0.25) is 0 Å². The van der Waals surface area contributed by atoms with E-state index in [0.717, 1.165) is 13.2 Å². The number of hydrogen-bond donors (Lipinski definition) is 1. The highest BCUT2D eigenvalue weighted by molar-refractivity contribution is 4.88. The summed E-state index contributed by atoms with van der Waals surface area (Å²) in [6.07, 6.45) is 0. The van der Waals surface area contributed by atoms with Gasteiger partial charge >= 0.3 is 0 Å². The SMILES string of the molecule is CC1(C)[NH2+]CCOC1(C)C. The van der Waals surface area contributed by atoms with Gasteiger partial charge in [-0.25, -0.2) is 0 Å². The predicted octanol–water partition coefficient (Wildman–Crippen LogP) is 0.137. The van der Waals surface area contributed by atoms with Crippen LogP contribution in [0, 0.1) is 0 Å². The van der Waals surface area contributed by atoms with E-state index in [-0.39, 0.29) is 11.1 Å². The summed E-state index contributed by atoms with van der Waals surface area (Å²) < 4.78 is 5.65. The lowest BCUT2D eigenvalue weighted by Gasteiger charge is -2.42. The maximum absolute atomic E-state index is 5.65. The van der Waals surface area contributed by atoms with E-state index in [1.807, 2.05) is 0 Å². The molecule has 1 fully saturated rings. The Morgan fingerprint density at radius 3 is 2.10 bits per heavy atom. The summed E-state index contributed by atoms with van der Waals surface area (Å²) in [4.78, 5) is 0. The van der Waals surface area contributed by atoms with E-state index < -0.39 is 0 Å². The lowest BCUT2D eigenvalue weighted by atomic mass is 9.84. The zero-order valence-corrected chi connectivity index (χ0v) is 7.40. The highest BCUT2D eigenvalue weighted by Crippen LogP contribution is 2.22. The summed E-state index contributed by atoms with van der Waals surface area (Å²) >= 11 is 0. The molecular formula is C8H18NO+. The highest BCUT2D eigenvalue weighted by atomic mass is 16.5. The minimum atomic E-state index is 0.0191. The molecule has 0 aromatic carbocycles. The van der Waals surface area contributed by atoms with Crippen molar-refractivity contribution in [3.05, 3.63) is 0 Å². The van der Waals surface area contributed by atoms with Crippen LogP contribution in [0.15, 0.2) is 0 Å². The molecule has 2 heteroatoms. The lowest BCUT2D eigenvalue weighted by molar-refractivity contribution is -0.752. The minimum Gasteiger partial charge on any atom is -0.363 e. The maximum atomic E-state index is 5.65. The van der Waals surface area contributed by atoms with Crippen LogP contribution in [0.4, 0.5) is 0 Å². The third-order valence-electron chi connectivity index (χ3n) is 2.79. The van der Waals surface area contributed by atoms with Crippen LogP contribution < -0.4 is 5.32 Å². The highest BCUT2D eigenvalue weighted by Gasteiger charge is 2.43. The first kappa shape index (κ1) is 8.02. The number of quaternary nitrogens is 1. The topological polar surface area (TPSA) is 25.8 Å². The Kier molecular flexibility index (Phi) is 1.77. The van der Waals surface area contributed by atoms with Crippen LogP contribution in [0.5, 0.6) is 0 Å². The molecule has 1 heterocycles. The molecule has 2 N–H and O–H groups in total. The average molecular weight is 144 g/mol. The zero-order chi connectivity index (χ0) is 7.83. The summed E-state index contributed by atoms with van der Waals surface area (Å²) in [5.74, 6) is 0. The molecule has 1 saturated heterocycles. The van der Waals surface area contributed by atoms with E-state index in [0.29, 0.717) is 0 Å². The third-order valence-corrected chi connectivity index (χ3v) is 2.79. The quantitative estimate of drug-likeness (QED) is 0.514. The van der Waals surface area contributed by atoms with Crippen molar-refractivity contribution in [2.45, 2.75) is 38.8 Å². The fourth-order valence-electron chi connectivity index (χ4n) is 1.17. The van der Waals surface area contributed by atoms with Crippen LogP contribution in [-0.4, -0.2) is 24.3 Å². The van der Waals surface area contributed by atoms with Gasteiger partial charge in [-0.2, -0.15) is 0 Å². The Morgan fingerprint density at radius 2 is 1.80 bits per heavy atom. The van der Waals surface area contributed by atoms with Crippen molar-refractivity contribution in [3.8, 4) is 0 Å². The van der Waals surface area contributed by atoms with Crippen LogP contribution in [0.3, 0.4) is 0 Å². The molecule has 0 unspecified atom stereocenters. The van der Waals surface area contributed by atoms with Gasteiger partial charge in [0.1, 0.15) is 11.1 Å². The molecule has 0 radical (unpaired) electrons. The molecule has 2 nitrogen and oxygen atoms in total. The van der Waals surface area contributed by atoms with Crippen molar-refractivity contribution in [2.75, 3.05) is 13.2 Å². The maximum Gasteiger partial charge on any atom is 0.119 e. The third kappa shape index (κ3) is 1.18. The van der Waals surface area contributed by atoms with E-state index in [9.17, 15) is 0 Å². The van der Waals surface area contributed by atoms with E-state index >= 15 is 0 Å². The average Bonchev–Trinajstić information content (AvgIpc) is 1.77. The van der Waals surface area contributed by atoms with Crippen LogP contribution in [0.1, 0.15) is 27.7 Å². The van der Waals surface area contributed by atoms with Crippen LogP contribution >= 0.6 is 0 Å². The van der Waals surface area contributed by atoms with Gasteiger partial charge in [-0.1, -0.05) is 0 Å². The van der Waals surface area contributed by atoms with Gasteiger partial charge in [0.2, 0.25) is 0 Å². The Hall–Kier alpha value is -0.0800. The Bertz CT molecular complexity index is 113. The normalized spacial score (nSPS) is 30.0. The summed E-state index contributed by atoms with van der Waals surface area (Å²) in [6.45, 7) is 10.7. The largest absolute Gasteiger partial charge is 0.363 e. The smallest absolute Gasteiger partial charge is 0.119 e. The predicted molar refractivity (Wildman–Crippen MR) is 40.9 cm³/mol. The van der Waals surface area contributed by atoms with Gasteiger partial charge in [0.05, 0.1) is 13.2 Å². The first-order valence-electron chi connectivity index (χ1n) is 3.94. The molecular weight excluding hydrogens is 126 g/mol. The molecule has 1 aliphatic rings. The number of nitrogens with two attached hydrogens (primary N) is 1. The lowest BCUT2D eigenvalue weighted by Crippen LogP contribution is -3.02. The van der Waals surface area contributed by atoms with Gasteiger partial charge in [0.25, 0.3) is 0 Å². The number of ether oxygens (including phenoxy) is 1. The van der Waals surface area contributed by atoms with E-state index in [1.165, 1.54) is 0 Å². The molecule has 1 aliphatic heterocycles. The van der Waals surface area contributed by atoms with Crippen molar-refractivity contribution in [1.29, 1.82) is 0 Å². The first-order chi connectivity index (χ1) is 4.46. The van der Waals surface area contributed by atoms with E-state index in [1.54, 1.807) is 0 Å². The Balaban J connectivity index is 2.70. The van der Waals surface area contributed by atoms with Crippen molar-refractivity contribution >= 4 is 0 Å². The molecule has 0 atom stereocenters. The summed E-state index contributed by atoms with van der Waals surface area (Å²) in [6, 6.07) is 0.